The van der Waals surface area contributed by atoms with Crippen LogP contribution in [-0.2, 0) is 6.42 Å². The molecule has 0 aliphatic rings. The Morgan fingerprint density at radius 2 is 1.94 bits per heavy atom. The zero-order valence-electron chi connectivity index (χ0n) is 10.8. The average molecular weight is 251 g/mol. The molecule has 3 heteroatoms. The van der Waals surface area contributed by atoms with Crippen molar-refractivity contribution in [2.45, 2.75) is 32.6 Å². The quantitative estimate of drug-likeness (QED) is 0.791. The molecule has 0 aromatic heterocycles. The highest BCUT2D eigenvalue weighted by Gasteiger charge is 2.05. The van der Waals surface area contributed by atoms with Gasteiger partial charge in [-0.2, -0.15) is 0 Å². The molecule has 0 spiro atoms. The molecule has 0 fully saturated rings. The van der Waals surface area contributed by atoms with E-state index >= 15 is 0 Å². The van der Waals surface area contributed by atoms with Crippen molar-refractivity contribution in [1.29, 1.82) is 0 Å². The number of hydrogen-bond donors (Lipinski definition) is 1. The van der Waals surface area contributed by atoms with Crippen LogP contribution in [0.2, 0.25) is 0 Å². The molecule has 1 unspecified atom stereocenters. The second-order valence-electron chi connectivity index (χ2n) is 4.51. The third kappa shape index (κ3) is 4.43. The van der Waals surface area contributed by atoms with Gasteiger partial charge in [-0.25, -0.2) is 0 Å². The first kappa shape index (κ1) is 14.1. The molecular weight excluding hydrogens is 230 g/mol. The summed E-state index contributed by atoms with van der Waals surface area (Å²) < 4.78 is 0. The van der Waals surface area contributed by atoms with Crippen LogP contribution in [-0.4, -0.2) is 23.7 Å². The second kappa shape index (κ2) is 6.70. The van der Waals surface area contributed by atoms with Gasteiger partial charge in [-0.1, -0.05) is 50.7 Å². The van der Waals surface area contributed by atoms with E-state index in [-0.39, 0.29) is 5.24 Å². The Hall–Kier alpha value is -0.960. The first-order chi connectivity index (χ1) is 8.04. The van der Waals surface area contributed by atoms with Crippen molar-refractivity contribution in [2.24, 2.45) is 0 Å². The molecule has 0 aliphatic heterocycles. The first-order valence-corrected chi connectivity index (χ1v) is 6.52. The number of amides is 1. The Balaban J connectivity index is 2.54. The van der Waals surface area contributed by atoms with Gasteiger partial charge in [0.1, 0.15) is 0 Å². The molecule has 1 amide bonds. The summed E-state index contributed by atoms with van der Waals surface area (Å²) in [5.74, 6) is 0.616. The van der Waals surface area contributed by atoms with Crippen LogP contribution in [0.3, 0.4) is 0 Å². The zero-order valence-corrected chi connectivity index (χ0v) is 11.7. The SMILES string of the molecule is CCC(C)c1ccc(CCN(C)C(=O)S)cc1. The molecule has 1 aromatic rings. The predicted molar refractivity (Wildman–Crippen MR) is 75.9 cm³/mol. The molecule has 2 nitrogen and oxygen atoms in total. The lowest BCUT2D eigenvalue weighted by atomic mass is 9.97. The Morgan fingerprint density at radius 3 is 2.41 bits per heavy atom. The smallest absolute Gasteiger partial charge is 0.278 e. The molecule has 0 heterocycles. The van der Waals surface area contributed by atoms with Gasteiger partial charge in [0.25, 0.3) is 5.24 Å². The van der Waals surface area contributed by atoms with Crippen LogP contribution in [0.1, 0.15) is 37.3 Å². The Morgan fingerprint density at radius 1 is 1.35 bits per heavy atom. The summed E-state index contributed by atoms with van der Waals surface area (Å²) in [5, 5.41) is -0.179. The molecule has 0 N–H and O–H groups in total. The van der Waals surface area contributed by atoms with E-state index in [0.717, 1.165) is 12.8 Å². The maximum absolute atomic E-state index is 10.9. The van der Waals surface area contributed by atoms with E-state index in [1.165, 1.54) is 11.1 Å². The van der Waals surface area contributed by atoms with E-state index in [2.05, 4.69) is 50.7 Å². The van der Waals surface area contributed by atoms with Gasteiger partial charge in [-0.15, -0.1) is 0 Å². The minimum atomic E-state index is -0.179. The van der Waals surface area contributed by atoms with Crippen LogP contribution in [0.4, 0.5) is 4.79 Å². The lowest BCUT2D eigenvalue weighted by molar-refractivity contribution is 0.234. The number of likely N-dealkylation sites (N-methyl/N-ethyl adjacent to an activating group) is 1. The van der Waals surface area contributed by atoms with Gasteiger partial charge in [0.05, 0.1) is 0 Å². The number of carbonyl (C=O) groups is 1. The van der Waals surface area contributed by atoms with Crippen LogP contribution in [0.15, 0.2) is 24.3 Å². The van der Waals surface area contributed by atoms with E-state index in [1.807, 2.05) is 0 Å². The lowest BCUT2D eigenvalue weighted by Crippen LogP contribution is -2.23. The Kier molecular flexibility index (Phi) is 5.56. The zero-order chi connectivity index (χ0) is 12.8. The fourth-order valence-corrected chi connectivity index (χ4v) is 1.74. The van der Waals surface area contributed by atoms with E-state index in [4.69, 9.17) is 0 Å². The summed E-state index contributed by atoms with van der Waals surface area (Å²) in [6.45, 7) is 5.15. The largest absolute Gasteiger partial charge is 0.337 e. The summed E-state index contributed by atoms with van der Waals surface area (Å²) in [5.41, 5.74) is 2.65. The first-order valence-electron chi connectivity index (χ1n) is 6.07. The van der Waals surface area contributed by atoms with Crippen molar-refractivity contribution in [2.75, 3.05) is 13.6 Å². The molecule has 0 saturated heterocycles. The van der Waals surface area contributed by atoms with Crippen LogP contribution in [0, 0.1) is 0 Å². The van der Waals surface area contributed by atoms with Gasteiger partial charge in [0.15, 0.2) is 0 Å². The predicted octanol–water partition coefficient (Wildman–Crippen LogP) is 3.72. The topological polar surface area (TPSA) is 20.3 Å². The van der Waals surface area contributed by atoms with Gasteiger partial charge in [-0.05, 0) is 29.9 Å². The number of carbonyl (C=O) groups excluding carboxylic acids is 1. The van der Waals surface area contributed by atoms with E-state index < -0.39 is 0 Å². The number of nitrogens with zero attached hydrogens (tertiary/aromatic N) is 1. The highest BCUT2D eigenvalue weighted by Crippen LogP contribution is 2.18. The Labute approximate surface area is 109 Å². The lowest BCUT2D eigenvalue weighted by Gasteiger charge is -2.14. The molecule has 0 saturated carbocycles. The molecule has 0 bridgehead atoms. The summed E-state index contributed by atoms with van der Waals surface area (Å²) in [6.07, 6.45) is 2.04. The minimum Gasteiger partial charge on any atom is -0.337 e. The summed E-state index contributed by atoms with van der Waals surface area (Å²) in [6, 6.07) is 8.68. The molecule has 1 atom stereocenters. The second-order valence-corrected chi connectivity index (χ2v) is 4.89. The molecule has 1 rings (SSSR count). The fourth-order valence-electron chi connectivity index (χ4n) is 1.64. The van der Waals surface area contributed by atoms with Crippen LogP contribution < -0.4 is 0 Å². The van der Waals surface area contributed by atoms with Gasteiger partial charge >= 0.3 is 0 Å². The van der Waals surface area contributed by atoms with E-state index in [9.17, 15) is 4.79 Å². The van der Waals surface area contributed by atoms with E-state index in [0.29, 0.717) is 12.5 Å². The summed E-state index contributed by atoms with van der Waals surface area (Å²) >= 11 is 3.78. The van der Waals surface area contributed by atoms with Crippen molar-refractivity contribution in [3.05, 3.63) is 35.4 Å². The normalized spacial score (nSPS) is 12.2. The third-order valence-electron chi connectivity index (χ3n) is 3.22. The Bertz CT molecular complexity index is 361. The summed E-state index contributed by atoms with van der Waals surface area (Å²) in [7, 11) is 1.77. The molecule has 0 aliphatic carbocycles. The number of benzene rings is 1. The van der Waals surface area contributed by atoms with Gasteiger partial charge in [0, 0.05) is 13.6 Å². The van der Waals surface area contributed by atoms with Crippen molar-refractivity contribution in [1.82, 2.24) is 4.90 Å². The molecule has 17 heavy (non-hydrogen) atoms. The molecule has 1 aromatic carbocycles. The highest BCUT2D eigenvalue weighted by atomic mass is 32.1. The maximum atomic E-state index is 10.9. The number of hydrogen-bond acceptors (Lipinski definition) is 1. The monoisotopic (exact) mass is 251 g/mol. The maximum Gasteiger partial charge on any atom is 0.278 e. The minimum absolute atomic E-state index is 0.179. The van der Waals surface area contributed by atoms with Crippen LogP contribution >= 0.6 is 12.6 Å². The van der Waals surface area contributed by atoms with Gasteiger partial charge in [-0.3, -0.25) is 4.79 Å². The standard InChI is InChI=1S/C14H21NOS/c1-4-11(2)13-7-5-12(6-8-13)9-10-15(3)14(16)17/h5-8,11H,4,9-10H2,1-3H3,(H,16,17). The van der Waals surface area contributed by atoms with Crippen molar-refractivity contribution in [3.8, 4) is 0 Å². The highest BCUT2D eigenvalue weighted by molar-refractivity contribution is 7.96. The number of thiol groups is 1. The van der Waals surface area contributed by atoms with E-state index in [1.54, 1.807) is 11.9 Å². The average Bonchev–Trinajstić information content (AvgIpc) is 2.35. The van der Waals surface area contributed by atoms with Gasteiger partial charge in [0.2, 0.25) is 0 Å². The molecular formula is C14H21NOS. The van der Waals surface area contributed by atoms with Crippen molar-refractivity contribution >= 4 is 17.9 Å². The fraction of sp³-hybridized carbons (Fsp3) is 0.500. The van der Waals surface area contributed by atoms with Gasteiger partial charge < -0.3 is 4.90 Å². The third-order valence-corrected chi connectivity index (χ3v) is 3.56. The van der Waals surface area contributed by atoms with Crippen LogP contribution in [0.5, 0.6) is 0 Å². The number of rotatable bonds is 5. The van der Waals surface area contributed by atoms with Crippen molar-refractivity contribution in [3.63, 3.8) is 0 Å². The summed E-state index contributed by atoms with van der Waals surface area (Å²) in [4.78, 5) is 12.6. The molecule has 0 radical (unpaired) electrons. The molecule has 94 valence electrons. The van der Waals surface area contributed by atoms with Crippen molar-refractivity contribution < 1.29 is 4.79 Å². The van der Waals surface area contributed by atoms with Crippen LogP contribution in [0.25, 0.3) is 0 Å².